The Hall–Kier alpha value is -2.15. The van der Waals surface area contributed by atoms with Crippen molar-refractivity contribution in [3.05, 3.63) is 23.8 Å². The molecule has 0 unspecified atom stereocenters. The lowest BCUT2D eigenvalue weighted by atomic mass is 10.1. The first-order valence-electron chi connectivity index (χ1n) is 5.96. The molecule has 0 atom stereocenters. The van der Waals surface area contributed by atoms with Gasteiger partial charge in [-0.25, -0.2) is 4.79 Å². The molecule has 1 amide bonds. The Labute approximate surface area is 114 Å². The number of rotatable bonds is 3. The van der Waals surface area contributed by atoms with Crippen molar-refractivity contribution in [2.75, 3.05) is 12.4 Å². The molecule has 1 aromatic carbocycles. The van der Waals surface area contributed by atoms with Crippen LogP contribution in [0.5, 0.6) is 5.75 Å². The highest BCUT2D eigenvalue weighted by molar-refractivity contribution is 5.85. The van der Waals surface area contributed by atoms with Crippen molar-refractivity contribution in [1.82, 2.24) is 0 Å². The number of hydrogen-bond donors (Lipinski definition) is 1. The molecule has 0 fully saturated rings. The van der Waals surface area contributed by atoms with Crippen LogP contribution >= 0.6 is 0 Å². The van der Waals surface area contributed by atoms with Crippen molar-refractivity contribution in [3.8, 4) is 18.1 Å². The molecule has 4 heteroatoms. The minimum atomic E-state index is -0.530. The van der Waals surface area contributed by atoms with E-state index < -0.39 is 11.7 Å². The van der Waals surface area contributed by atoms with Crippen LogP contribution in [0, 0.1) is 12.3 Å². The van der Waals surface area contributed by atoms with E-state index in [9.17, 15) is 4.79 Å². The summed E-state index contributed by atoms with van der Waals surface area (Å²) in [6.07, 6.45) is 5.26. The average Bonchev–Trinajstić information content (AvgIpc) is 2.28. The highest BCUT2D eigenvalue weighted by atomic mass is 16.6. The van der Waals surface area contributed by atoms with Gasteiger partial charge in [-0.3, -0.25) is 5.32 Å². The normalized spacial score (nSPS) is 10.5. The number of ether oxygens (including phenoxy) is 2. The fraction of sp³-hybridized carbons (Fsp3) is 0.400. The molecule has 0 bridgehead atoms. The summed E-state index contributed by atoms with van der Waals surface area (Å²) < 4.78 is 10.4. The van der Waals surface area contributed by atoms with E-state index in [4.69, 9.17) is 15.9 Å². The largest absolute Gasteiger partial charge is 0.496 e. The van der Waals surface area contributed by atoms with Crippen molar-refractivity contribution in [1.29, 1.82) is 0 Å². The molecule has 102 valence electrons. The van der Waals surface area contributed by atoms with E-state index in [1.54, 1.807) is 19.2 Å². The van der Waals surface area contributed by atoms with E-state index in [2.05, 4.69) is 11.2 Å². The molecule has 19 heavy (non-hydrogen) atoms. The number of anilines is 1. The molecule has 0 heterocycles. The van der Waals surface area contributed by atoms with Crippen molar-refractivity contribution >= 4 is 11.8 Å². The monoisotopic (exact) mass is 261 g/mol. The average molecular weight is 261 g/mol. The van der Waals surface area contributed by atoms with Gasteiger partial charge in [0, 0.05) is 23.7 Å². The molecule has 0 aliphatic carbocycles. The zero-order valence-electron chi connectivity index (χ0n) is 11.7. The van der Waals surface area contributed by atoms with Gasteiger partial charge in [0.05, 0.1) is 7.11 Å². The van der Waals surface area contributed by atoms with Gasteiger partial charge < -0.3 is 9.47 Å². The zero-order valence-corrected chi connectivity index (χ0v) is 11.7. The van der Waals surface area contributed by atoms with Crippen molar-refractivity contribution < 1.29 is 14.3 Å². The Morgan fingerprint density at radius 1 is 1.42 bits per heavy atom. The van der Waals surface area contributed by atoms with Gasteiger partial charge in [-0.1, -0.05) is 6.07 Å². The van der Waals surface area contributed by atoms with Gasteiger partial charge in [0.1, 0.15) is 11.4 Å². The number of terminal acetylenes is 1. The molecule has 4 nitrogen and oxygen atoms in total. The van der Waals surface area contributed by atoms with Gasteiger partial charge in [0.2, 0.25) is 0 Å². The smallest absolute Gasteiger partial charge is 0.412 e. The predicted molar refractivity (Wildman–Crippen MR) is 75.4 cm³/mol. The molecule has 0 aliphatic rings. The van der Waals surface area contributed by atoms with E-state index in [-0.39, 0.29) is 0 Å². The summed E-state index contributed by atoms with van der Waals surface area (Å²) >= 11 is 0. The van der Waals surface area contributed by atoms with Crippen LogP contribution in [0.15, 0.2) is 18.2 Å². The first-order chi connectivity index (χ1) is 8.85. The Morgan fingerprint density at radius 3 is 2.63 bits per heavy atom. The van der Waals surface area contributed by atoms with E-state index in [0.29, 0.717) is 17.9 Å². The molecule has 0 radical (unpaired) electrons. The Kier molecular flexibility index (Phi) is 4.82. The lowest BCUT2D eigenvalue weighted by Gasteiger charge is -2.20. The van der Waals surface area contributed by atoms with Crippen LogP contribution in [0.2, 0.25) is 0 Å². The fourth-order valence-corrected chi connectivity index (χ4v) is 1.50. The highest BCUT2D eigenvalue weighted by Gasteiger charge is 2.16. The van der Waals surface area contributed by atoms with E-state index in [0.717, 1.165) is 5.56 Å². The van der Waals surface area contributed by atoms with Crippen LogP contribution in [-0.2, 0) is 11.2 Å². The summed E-state index contributed by atoms with van der Waals surface area (Å²) in [5.74, 6) is 3.20. The summed E-state index contributed by atoms with van der Waals surface area (Å²) in [5, 5.41) is 2.65. The fourth-order valence-electron chi connectivity index (χ4n) is 1.50. The Bertz CT molecular complexity index is 495. The maximum Gasteiger partial charge on any atom is 0.412 e. The van der Waals surface area contributed by atoms with Gasteiger partial charge in [0.15, 0.2) is 0 Å². The number of nitrogens with one attached hydrogen (secondary N) is 1. The molecule has 0 saturated heterocycles. The molecule has 0 aliphatic heterocycles. The third kappa shape index (κ3) is 4.92. The van der Waals surface area contributed by atoms with E-state index in [1.807, 2.05) is 26.8 Å². The topological polar surface area (TPSA) is 47.6 Å². The van der Waals surface area contributed by atoms with Crippen molar-refractivity contribution in [3.63, 3.8) is 0 Å². The molecular formula is C15H19NO3. The van der Waals surface area contributed by atoms with Gasteiger partial charge in [-0.05, 0) is 26.8 Å². The third-order valence-corrected chi connectivity index (χ3v) is 2.22. The van der Waals surface area contributed by atoms with Crippen molar-refractivity contribution in [2.45, 2.75) is 32.8 Å². The van der Waals surface area contributed by atoms with Crippen LogP contribution in [0.1, 0.15) is 26.3 Å². The summed E-state index contributed by atoms with van der Waals surface area (Å²) in [5.41, 5.74) is 0.976. The second-order valence-electron chi connectivity index (χ2n) is 5.03. The molecule has 0 aromatic heterocycles. The van der Waals surface area contributed by atoms with Crippen LogP contribution in [-0.4, -0.2) is 18.8 Å². The second kappa shape index (κ2) is 6.14. The first kappa shape index (κ1) is 14.9. The summed E-state index contributed by atoms with van der Waals surface area (Å²) in [4.78, 5) is 11.6. The van der Waals surface area contributed by atoms with Crippen LogP contribution in [0.25, 0.3) is 0 Å². The molecule has 0 saturated carbocycles. The Morgan fingerprint density at radius 2 is 2.11 bits per heavy atom. The third-order valence-electron chi connectivity index (χ3n) is 2.22. The number of benzene rings is 1. The van der Waals surface area contributed by atoms with Gasteiger partial charge in [-0.15, -0.1) is 12.3 Å². The number of carbonyl (C=O) groups excluding carboxylic acids is 1. The first-order valence-corrected chi connectivity index (χ1v) is 5.96. The minimum Gasteiger partial charge on any atom is -0.496 e. The molecule has 1 N–H and O–H groups in total. The van der Waals surface area contributed by atoms with Gasteiger partial charge >= 0.3 is 6.09 Å². The maximum atomic E-state index is 11.6. The van der Waals surface area contributed by atoms with Crippen LogP contribution in [0.3, 0.4) is 0 Å². The highest BCUT2D eigenvalue weighted by Crippen LogP contribution is 2.24. The lowest BCUT2D eigenvalue weighted by Crippen LogP contribution is -2.27. The summed E-state index contributed by atoms with van der Waals surface area (Å²) in [7, 11) is 1.56. The van der Waals surface area contributed by atoms with Crippen LogP contribution < -0.4 is 10.1 Å². The number of carbonyl (C=O) groups is 1. The van der Waals surface area contributed by atoms with Gasteiger partial charge in [0.25, 0.3) is 0 Å². The van der Waals surface area contributed by atoms with Gasteiger partial charge in [-0.2, -0.15) is 0 Å². The quantitative estimate of drug-likeness (QED) is 0.850. The predicted octanol–water partition coefficient (Wildman–Crippen LogP) is 3.22. The summed E-state index contributed by atoms with van der Waals surface area (Å²) in [6.45, 7) is 5.43. The summed E-state index contributed by atoms with van der Waals surface area (Å²) in [6, 6.07) is 5.31. The standard InChI is InChI=1S/C15H19NO3/c1-6-7-11-8-9-12(10-13(11)18-5)16-14(17)19-15(2,3)4/h1,8-10H,7H2,2-5H3,(H,16,17). The van der Waals surface area contributed by atoms with Crippen LogP contribution in [0.4, 0.5) is 10.5 Å². The number of hydrogen-bond acceptors (Lipinski definition) is 3. The lowest BCUT2D eigenvalue weighted by molar-refractivity contribution is 0.0636. The molecule has 0 spiro atoms. The molecule has 1 rings (SSSR count). The van der Waals surface area contributed by atoms with E-state index >= 15 is 0 Å². The maximum absolute atomic E-state index is 11.6. The van der Waals surface area contributed by atoms with Crippen molar-refractivity contribution in [2.24, 2.45) is 0 Å². The number of amides is 1. The molecular weight excluding hydrogens is 242 g/mol. The SMILES string of the molecule is C#CCc1ccc(NC(=O)OC(C)(C)C)cc1OC. The minimum absolute atomic E-state index is 0.482. The number of methoxy groups -OCH3 is 1. The zero-order chi connectivity index (χ0) is 14.5. The Balaban J connectivity index is 2.80. The molecule has 1 aromatic rings. The van der Waals surface area contributed by atoms with E-state index in [1.165, 1.54) is 0 Å². The second-order valence-corrected chi connectivity index (χ2v) is 5.03.